The maximum absolute atomic E-state index is 6.18. The van der Waals surface area contributed by atoms with E-state index < -0.39 is 0 Å². The fourth-order valence-electron chi connectivity index (χ4n) is 3.23. The van der Waals surface area contributed by atoms with E-state index in [4.69, 9.17) is 21.4 Å². The number of hydrogen-bond donors (Lipinski definition) is 1. The van der Waals surface area contributed by atoms with Crippen LogP contribution in [0.2, 0.25) is 5.02 Å². The largest absolute Gasteiger partial charge is 0.496 e. The van der Waals surface area contributed by atoms with Gasteiger partial charge in [0.15, 0.2) is 0 Å². The standard InChI is InChI=1S/C19H18ClN3O/c1-24-18-8-3-2-7-15(18)19-16-12-21-10-9-17(16)23(22-19)14-6-4-5-13(20)11-14/h2-8,11,21H,9-10,12H2,1H3. The molecular weight excluding hydrogens is 322 g/mol. The molecule has 0 saturated carbocycles. The number of para-hydroxylation sites is 1. The Hall–Kier alpha value is -2.30. The van der Waals surface area contributed by atoms with Crippen molar-refractivity contribution < 1.29 is 4.74 Å². The van der Waals surface area contributed by atoms with Crippen molar-refractivity contribution in [2.45, 2.75) is 13.0 Å². The third kappa shape index (κ3) is 2.58. The molecule has 0 atom stereocenters. The molecule has 4 nitrogen and oxygen atoms in total. The highest BCUT2D eigenvalue weighted by Gasteiger charge is 2.23. The maximum Gasteiger partial charge on any atom is 0.128 e. The van der Waals surface area contributed by atoms with E-state index in [2.05, 4.69) is 11.4 Å². The monoisotopic (exact) mass is 339 g/mol. The molecule has 1 N–H and O–H groups in total. The first-order valence-corrected chi connectivity index (χ1v) is 8.36. The van der Waals surface area contributed by atoms with Crippen molar-refractivity contribution in [3.8, 4) is 22.7 Å². The van der Waals surface area contributed by atoms with E-state index in [1.54, 1.807) is 7.11 Å². The molecule has 0 bridgehead atoms. The molecule has 24 heavy (non-hydrogen) atoms. The van der Waals surface area contributed by atoms with E-state index in [9.17, 15) is 0 Å². The lowest BCUT2D eigenvalue weighted by molar-refractivity contribution is 0.416. The van der Waals surface area contributed by atoms with Gasteiger partial charge < -0.3 is 10.1 Å². The van der Waals surface area contributed by atoms with Crippen molar-refractivity contribution in [3.63, 3.8) is 0 Å². The SMILES string of the molecule is COc1ccccc1-c1nn(-c2cccc(Cl)c2)c2c1CNCC2. The summed E-state index contributed by atoms with van der Waals surface area (Å²) in [6.45, 7) is 1.76. The molecule has 1 aliphatic rings. The second-order valence-electron chi connectivity index (χ2n) is 5.79. The van der Waals surface area contributed by atoms with E-state index in [1.165, 1.54) is 11.3 Å². The van der Waals surface area contributed by atoms with Gasteiger partial charge in [-0.15, -0.1) is 0 Å². The van der Waals surface area contributed by atoms with Crippen molar-refractivity contribution >= 4 is 11.6 Å². The first-order chi connectivity index (χ1) is 11.8. The summed E-state index contributed by atoms with van der Waals surface area (Å²) in [6.07, 6.45) is 0.935. The maximum atomic E-state index is 6.18. The Labute approximate surface area is 146 Å². The van der Waals surface area contributed by atoms with Crippen LogP contribution in [-0.4, -0.2) is 23.4 Å². The van der Waals surface area contributed by atoms with E-state index in [0.29, 0.717) is 5.02 Å². The van der Waals surface area contributed by atoms with Gasteiger partial charge in [-0.3, -0.25) is 0 Å². The Kier molecular flexibility index (Phi) is 4.00. The first kappa shape index (κ1) is 15.2. The van der Waals surface area contributed by atoms with E-state index in [-0.39, 0.29) is 0 Å². The molecule has 5 heteroatoms. The summed E-state index contributed by atoms with van der Waals surface area (Å²) in [5.74, 6) is 0.835. The Morgan fingerprint density at radius 1 is 1.17 bits per heavy atom. The smallest absolute Gasteiger partial charge is 0.128 e. The molecule has 1 aromatic heterocycles. The number of methoxy groups -OCH3 is 1. The molecule has 0 saturated heterocycles. The van der Waals surface area contributed by atoms with E-state index in [0.717, 1.165) is 42.2 Å². The fraction of sp³-hybridized carbons (Fsp3) is 0.211. The number of rotatable bonds is 3. The third-order valence-electron chi connectivity index (χ3n) is 4.35. The number of ether oxygens (including phenoxy) is 1. The highest BCUT2D eigenvalue weighted by molar-refractivity contribution is 6.30. The van der Waals surface area contributed by atoms with Crippen molar-refractivity contribution in [2.24, 2.45) is 0 Å². The Balaban J connectivity index is 1.93. The minimum absolute atomic E-state index is 0.713. The molecule has 0 radical (unpaired) electrons. The molecule has 0 spiro atoms. The Morgan fingerprint density at radius 2 is 2.04 bits per heavy atom. The molecular formula is C19H18ClN3O. The minimum atomic E-state index is 0.713. The predicted octanol–water partition coefficient (Wildman–Crippen LogP) is 3.85. The lowest BCUT2D eigenvalue weighted by Gasteiger charge is -2.16. The molecule has 1 aliphatic heterocycles. The average Bonchev–Trinajstić information content (AvgIpc) is 3.01. The quantitative estimate of drug-likeness (QED) is 0.788. The van der Waals surface area contributed by atoms with Crippen LogP contribution in [-0.2, 0) is 13.0 Å². The van der Waals surface area contributed by atoms with Crippen LogP contribution in [0, 0.1) is 0 Å². The number of aromatic nitrogens is 2. The highest BCUT2D eigenvalue weighted by Crippen LogP contribution is 2.35. The van der Waals surface area contributed by atoms with Crippen LogP contribution < -0.4 is 10.1 Å². The minimum Gasteiger partial charge on any atom is -0.496 e. The van der Waals surface area contributed by atoms with Crippen LogP contribution >= 0.6 is 11.6 Å². The molecule has 0 fully saturated rings. The summed E-state index contributed by atoms with van der Waals surface area (Å²) < 4.78 is 7.55. The van der Waals surface area contributed by atoms with Crippen molar-refractivity contribution in [3.05, 3.63) is 64.8 Å². The third-order valence-corrected chi connectivity index (χ3v) is 4.58. The highest BCUT2D eigenvalue weighted by atomic mass is 35.5. The Bertz CT molecular complexity index is 888. The van der Waals surface area contributed by atoms with Crippen molar-refractivity contribution in [1.82, 2.24) is 15.1 Å². The van der Waals surface area contributed by atoms with Crippen LogP contribution in [0.3, 0.4) is 0 Å². The summed E-state index contributed by atoms with van der Waals surface area (Å²) in [7, 11) is 1.69. The van der Waals surface area contributed by atoms with Crippen molar-refractivity contribution in [2.75, 3.05) is 13.7 Å². The molecule has 4 rings (SSSR count). The fourth-order valence-corrected chi connectivity index (χ4v) is 3.41. The average molecular weight is 340 g/mol. The van der Waals surface area contributed by atoms with Gasteiger partial charge in [-0.2, -0.15) is 5.10 Å². The molecule has 2 aromatic carbocycles. The predicted molar refractivity (Wildman–Crippen MR) is 96.0 cm³/mol. The topological polar surface area (TPSA) is 39.1 Å². The zero-order valence-electron chi connectivity index (χ0n) is 13.4. The van der Waals surface area contributed by atoms with Gasteiger partial charge in [0, 0.05) is 35.7 Å². The van der Waals surface area contributed by atoms with E-state index >= 15 is 0 Å². The second kappa shape index (κ2) is 6.30. The number of benzene rings is 2. The van der Waals surface area contributed by atoms with Crippen LogP contribution in [0.15, 0.2) is 48.5 Å². The number of fused-ring (bicyclic) bond motifs is 1. The van der Waals surface area contributed by atoms with Crippen molar-refractivity contribution in [1.29, 1.82) is 0 Å². The number of nitrogens with one attached hydrogen (secondary N) is 1. The number of halogens is 1. The number of hydrogen-bond acceptors (Lipinski definition) is 3. The summed E-state index contributed by atoms with van der Waals surface area (Å²) in [6, 6.07) is 15.8. The molecule has 2 heterocycles. The summed E-state index contributed by atoms with van der Waals surface area (Å²) in [4.78, 5) is 0. The van der Waals surface area contributed by atoms with Gasteiger partial charge in [0.05, 0.1) is 18.5 Å². The summed E-state index contributed by atoms with van der Waals surface area (Å²) >= 11 is 6.18. The zero-order valence-corrected chi connectivity index (χ0v) is 14.2. The second-order valence-corrected chi connectivity index (χ2v) is 6.23. The normalized spacial score (nSPS) is 13.6. The van der Waals surface area contributed by atoms with Crippen LogP contribution in [0.25, 0.3) is 16.9 Å². The van der Waals surface area contributed by atoms with Crippen LogP contribution in [0.4, 0.5) is 0 Å². The lowest BCUT2D eigenvalue weighted by Crippen LogP contribution is -2.24. The van der Waals surface area contributed by atoms with Crippen LogP contribution in [0.5, 0.6) is 5.75 Å². The summed E-state index contributed by atoms with van der Waals surface area (Å²) in [5.41, 5.74) is 5.43. The molecule has 0 aliphatic carbocycles. The van der Waals surface area contributed by atoms with Gasteiger partial charge in [-0.1, -0.05) is 29.8 Å². The molecule has 0 amide bonds. The molecule has 0 unspecified atom stereocenters. The van der Waals surface area contributed by atoms with Gasteiger partial charge >= 0.3 is 0 Å². The van der Waals surface area contributed by atoms with Gasteiger partial charge in [0.2, 0.25) is 0 Å². The van der Waals surface area contributed by atoms with Gasteiger partial charge in [-0.05, 0) is 30.3 Å². The van der Waals surface area contributed by atoms with Gasteiger partial charge in [0.25, 0.3) is 0 Å². The Morgan fingerprint density at radius 3 is 2.88 bits per heavy atom. The summed E-state index contributed by atoms with van der Waals surface area (Å²) in [5, 5.41) is 9.08. The first-order valence-electron chi connectivity index (χ1n) is 7.99. The number of nitrogens with zero attached hydrogens (tertiary/aromatic N) is 2. The van der Waals surface area contributed by atoms with Crippen LogP contribution in [0.1, 0.15) is 11.3 Å². The van der Waals surface area contributed by atoms with E-state index in [1.807, 2.05) is 47.1 Å². The molecule has 122 valence electrons. The molecule has 3 aromatic rings. The lowest BCUT2D eigenvalue weighted by atomic mass is 10.0. The van der Waals surface area contributed by atoms with Gasteiger partial charge in [0.1, 0.15) is 11.4 Å². The zero-order chi connectivity index (χ0) is 16.5. The van der Waals surface area contributed by atoms with Gasteiger partial charge in [-0.25, -0.2) is 4.68 Å².